The van der Waals surface area contributed by atoms with Crippen LogP contribution in [0.15, 0.2) is 12.3 Å². The van der Waals surface area contributed by atoms with E-state index in [9.17, 15) is 4.79 Å². The number of amides is 1. The molecule has 0 aliphatic carbocycles. The van der Waals surface area contributed by atoms with Crippen LogP contribution in [0.25, 0.3) is 0 Å². The number of carbonyl (C=O) groups is 1. The lowest BCUT2D eigenvalue weighted by Gasteiger charge is -2.35. The zero-order valence-electron chi connectivity index (χ0n) is 11.0. The van der Waals surface area contributed by atoms with Gasteiger partial charge in [-0.25, -0.2) is 0 Å². The van der Waals surface area contributed by atoms with Gasteiger partial charge >= 0.3 is 0 Å². The van der Waals surface area contributed by atoms with Gasteiger partial charge in [-0.15, -0.1) is 0 Å². The molecule has 0 radical (unpaired) electrons. The molecule has 1 aliphatic heterocycles. The average Bonchev–Trinajstić information content (AvgIpc) is 2.81. The van der Waals surface area contributed by atoms with Crippen molar-refractivity contribution in [3.63, 3.8) is 0 Å². The predicted molar refractivity (Wildman–Crippen MR) is 69.9 cm³/mol. The van der Waals surface area contributed by atoms with Gasteiger partial charge in [-0.05, 0) is 31.7 Å². The fourth-order valence-electron chi connectivity index (χ4n) is 2.60. The van der Waals surface area contributed by atoms with Gasteiger partial charge in [0.25, 0.3) is 0 Å². The van der Waals surface area contributed by atoms with Gasteiger partial charge in [0.05, 0.1) is 0 Å². The number of hydrogen-bond acceptors (Lipinski definition) is 3. The van der Waals surface area contributed by atoms with E-state index in [1.54, 1.807) is 6.20 Å². The summed E-state index contributed by atoms with van der Waals surface area (Å²) in [5, 5.41) is 4.11. The van der Waals surface area contributed by atoms with Gasteiger partial charge in [-0.2, -0.15) is 5.10 Å². The van der Waals surface area contributed by atoms with E-state index in [4.69, 9.17) is 5.73 Å². The van der Waals surface area contributed by atoms with Gasteiger partial charge in [-0.1, -0.05) is 0 Å². The lowest BCUT2D eigenvalue weighted by Crippen LogP contribution is -2.47. The summed E-state index contributed by atoms with van der Waals surface area (Å²) in [4.78, 5) is 14.2. The summed E-state index contributed by atoms with van der Waals surface area (Å²) in [6.07, 6.45) is 6.41. The van der Waals surface area contributed by atoms with E-state index >= 15 is 0 Å². The highest BCUT2D eigenvalue weighted by atomic mass is 16.2. The van der Waals surface area contributed by atoms with Crippen molar-refractivity contribution in [3.8, 4) is 0 Å². The second kappa shape index (κ2) is 6.00. The van der Waals surface area contributed by atoms with E-state index in [1.807, 2.05) is 22.7 Å². The Labute approximate surface area is 108 Å². The highest BCUT2D eigenvalue weighted by Gasteiger charge is 2.25. The first-order chi connectivity index (χ1) is 8.72. The molecular formula is C13H22N4O. The van der Waals surface area contributed by atoms with E-state index < -0.39 is 0 Å². The Hall–Kier alpha value is -1.36. The van der Waals surface area contributed by atoms with Crippen molar-refractivity contribution in [3.05, 3.63) is 18.0 Å². The standard InChI is InChI=1S/C13H22N4O/c1-16-11(7-8-15-16)5-6-13(18)17-9-3-2-4-12(17)10-14/h7-8,12H,2-6,9-10,14H2,1H3. The van der Waals surface area contributed by atoms with E-state index in [2.05, 4.69) is 5.10 Å². The molecule has 2 N–H and O–H groups in total. The Morgan fingerprint density at radius 3 is 3.06 bits per heavy atom. The predicted octanol–water partition coefficient (Wildman–Crippen LogP) is 0.693. The molecule has 1 saturated heterocycles. The number of rotatable bonds is 4. The molecule has 100 valence electrons. The minimum atomic E-state index is 0.228. The van der Waals surface area contributed by atoms with Gasteiger partial charge in [0.15, 0.2) is 0 Å². The summed E-state index contributed by atoms with van der Waals surface area (Å²) in [7, 11) is 1.91. The Bertz CT molecular complexity index is 401. The number of aromatic nitrogens is 2. The van der Waals surface area contributed by atoms with Crippen LogP contribution in [0.2, 0.25) is 0 Å². The van der Waals surface area contributed by atoms with Crippen LogP contribution in [0.5, 0.6) is 0 Å². The molecule has 5 heteroatoms. The molecule has 18 heavy (non-hydrogen) atoms. The third kappa shape index (κ3) is 2.90. The zero-order valence-corrected chi connectivity index (χ0v) is 11.0. The fourth-order valence-corrected chi connectivity index (χ4v) is 2.60. The van der Waals surface area contributed by atoms with E-state index in [1.165, 1.54) is 6.42 Å². The zero-order chi connectivity index (χ0) is 13.0. The van der Waals surface area contributed by atoms with Crippen LogP contribution in [0.1, 0.15) is 31.4 Å². The normalized spacial score (nSPS) is 20.1. The van der Waals surface area contributed by atoms with E-state index in [0.717, 1.165) is 31.5 Å². The number of likely N-dealkylation sites (tertiary alicyclic amines) is 1. The van der Waals surface area contributed by atoms with E-state index in [-0.39, 0.29) is 11.9 Å². The molecule has 5 nitrogen and oxygen atoms in total. The second-order valence-corrected chi connectivity index (χ2v) is 4.92. The van der Waals surface area contributed by atoms with Gasteiger partial charge in [0, 0.05) is 44.5 Å². The van der Waals surface area contributed by atoms with Crippen molar-refractivity contribution in [2.24, 2.45) is 12.8 Å². The van der Waals surface area contributed by atoms with Crippen molar-refractivity contribution in [1.82, 2.24) is 14.7 Å². The molecule has 1 aliphatic rings. The van der Waals surface area contributed by atoms with Gasteiger partial charge < -0.3 is 10.6 Å². The van der Waals surface area contributed by atoms with Crippen molar-refractivity contribution in [2.75, 3.05) is 13.1 Å². The highest BCUT2D eigenvalue weighted by Crippen LogP contribution is 2.17. The summed E-state index contributed by atoms with van der Waals surface area (Å²) in [6, 6.07) is 2.21. The molecule has 0 aromatic carbocycles. The van der Waals surface area contributed by atoms with Crippen molar-refractivity contribution < 1.29 is 4.79 Å². The molecule has 2 heterocycles. The summed E-state index contributed by atoms with van der Waals surface area (Å²) in [6.45, 7) is 1.45. The molecule has 0 saturated carbocycles. The SMILES string of the molecule is Cn1nccc1CCC(=O)N1CCCCC1CN. The Morgan fingerprint density at radius 1 is 1.56 bits per heavy atom. The Morgan fingerprint density at radius 2 is 2.39 bits per heavy atom. The van der Waals surface area contributed by atoms with Crippen LogP contribution in [-0.2, 0) is 18.3 Å². The number of aryl methyl sites for hydroxylation is 2. The van der Waals surface area contributed by atoms with Gasteiger partial charge in [-0.3, -0.25) is 9.48 Å². The largest absolute Gasteiger partial charge is 0.338 e. The van der Waals surface area contributed by atoms with Gasteiger partial charge in [0.1, 0.15) is 0 Å². The Balaban J connectivity index is 1.89. The third-order valence-electron chi connectivity index (χ3n) is 3.74. The van der Waals surface area contributed by atoms with Gasteiger partial charge in [0.2, 0.25) is 5.91 Å². The van der Waals surface area contributed by atoms with Crippen LogP contribution in [0.3, 0.4) is 0 Å². The second-order valence-electron chi connectivity index (χ2n) is 4.92. The maximum atomic E-state index is 12.2. The minimum Gasteiger partial charge on any atom is -0.338 e. The molecule has 0 spiro atoms. The summed E-state index contributed by atoms with van der Waals surface area (Å²) >= 11 is 0. The summed E-state index contributed by atoms with van der Waals surface area (Å²) in [5.41, 5.74) is 6.84. The number of carbonyl (C=O) groups excluding carboxylic acids is 1. The van der Waals surface area contributed by atoms with Crippen LogP contribution in [0, 0.1) is 0 Å². The lowest BCUT2D eigenvalue weighted by molar-refractivity contribution is -0.134. The van der Waals surface area contributed by atoms with Crippen LogP contribution in [0.4, 0.5) is 0 Å². The molecular weight excluding hydrogens is 228 g/mol. The highest BCUT2D eigenvalue weighted by molar-refractivity contribution is 5.76. The van der Waals surface area contributed by atoms with Crippen molar-refractivity contribution >= 4 is 5.91 Å². The maximum absolute atomic E-state index is 12.2. The smallest absolute Gasteiger partial charge is 0.223 e. The van der Waals surface area contributed by atoms with Crippen molar-refractivity contribution in [1.29, 1.82) is 0 Å². The lowest BCUT2D eigenvalue weighted by atomic mass is 10.0. The molecule has 1 amide bonds. The molecule has 1 unspecified atom stereocenters. The number of nitrogens with two attached hydrogens (primary N) is 1. The van der Waals surface area contributed by atoms with Crippen LogP contribution < -0.4 is 5.73 Å². The summed E-state index contributed by atoms with van der Waals surface area (Å²) in [5.74, 6) is 0.228. The molecule has 1 aromatic heterocycles. The first-order valence-corrected chi connectivity index (χ1v) is 6.69. The monoisotopic (exact) mass is 250 g/mol. The number of piperidine rings is 1. The topological polar surface area (TPSA) is 64.2 Å². The number of hydrogen-bond donors (Lipinski definition) is 1. The quantitative estimate of drug-likeness (QED) is 0.855. The molecule has 1 aromatic rings. The first-order valence-electron chi connectivity index (χ1n) is 6.69. The molecule has 0 bridgehead atoms. The van der Waals surface area contributed by atoms with E-state index in [0.29, 0.717) is 13.0 Å². The summed E-state index contributed by atoms with van der Waals surface area (Å²) < 4.78 is 1.82. The minimum absolute atomic E-state index is 0.228. The Kier molecular flexibility index (Phi) is 4.36. The number of nitrogens with zero attached hydrogens (tertiary/aromatic N) is 3. The molecule has 1 atom stereocenters. The average molecular weight is 250 g/mol. The third-order valence-corrected chi connectivity index (χ3v) is 3.74. The van der Waals surface area contributed by atoms with Crippen molar-refractivity contribution in [2.45, 2.75) is 38.1 Å². The van der Waals surface area contributed by atoms with Crippen LogP contribution >= 0.6 is 0 Å². The molecule has 1 fully saturated rings. The molecule has 2 rings (SSSR count). The van der Waals surface area contributed by atoms with Crippen LogP contribution in [-0.4, -0.2) is 39.7 Å². The first kappa shape index (κ1) is 13.1. The maximum Gasteiger partial charge on any atom is 0.223 e. The fraction of sp³-hybridized carbons (Fsp3) is 0.692.